The van der Waals surface area contributed by atoms with Gasteiger partial charge in [-0.3, -0.25) is 0 Å². The van der Waals surface area contributed by atoms with E-state index in [1.54, 1.807) is 0 Å². The van der Waals surface area contributed by atoms with Crippen LogP contribution in [0.3, 0.4) is 0 Å². The molecule has 108 valence electrons. The van der Waals surface area contributed by atoms with Crippen molar-refractivity contribution >= 4 is 28.3 Å². The van der Waals surface area contributed by atoms with Gasteiger partial charge in [0.05, 0.1) is 6.04 Å². The van der Waals surface area contributed by atoms with Crippen LogP contribution < -0.4 is 5.32 Å². The van der Waals surface area contributed by atoms with Crippen LogP contribution in [0.5, 0.6) is 0 Å². The third-order valence-electron chi connectivity index (χ3n) is 3.70. The van der Waals surface area contributed by atoms with E-state index in [0.29, 0.717) is 0 Å². The van der Waals surface area contributed by atoms with Crippen LogP contribution in [0, 0.1) is 0 Å². The Morgan fingerprint density at radius 1 is 1.10 bits per heavy atom. The number of anilines is 1. The van der Waals surface area contributed by atoms with Crippen molar-refractivity contribution in [2.24, 2.45) is 0 Å². The first-order valence-electron chi connectivity index (χ1n) is 7.21. The smallest absolute Gasteiger partial charge is 0.134 e. The Labute approximate surface area is 129 Å². The molecule has 1 N–H and O–H groups in total. The number of halogens is 1. The van der Waals surface area contributed by atoms with Gasteiger partial charge in [-0.25, -0.2) is 0 Å². The zero-order chi connectivity index (χ0) is 14.8. The monoisotopic (exact) mass is 299 g/mol. The Kier molecular flexibility index (Phi) is 3.89. The lowest BCUT2D eigenvalue weighted by Gasteiger charge is -2.14. The molecule has 0 saturated heterocycles. The molecule has 0 radical (unpaired) electrons. The van der Waals surface area contributed by atoms with Gasteiger partial charge in [0, 0.05) is 21.7 Å². The molecule has 21 heavy (non-hydrogen) atoms. The second-order valence-corrected chi connectivity index (χ2v) is 5.60. The van der Waals surface area contributed by atoms with Crippen LogP contribution in [-0.2, 0) is 6.42 Å². The highest BCUT2D eigenvalue weighted by Crippen LogP contribution is 2.32. The summed E-state index contributed by atoms with van der Waals surface area (Å²) in [6.07, 6.45) is 0.957. The molecule has 0 aliphatic rings. The highest BCUT2D eigenvalue weighted by Gasteiger charge is 2.17. The highest BCUT2D eigenvalue weighted by atomic mass is 35.5. The van der Waals surface area contributed by atoms with Crippen LogP contribution >= 0.6 is 11.6 Å². The van der Waals surface area contributed by atoms with E-state index in [0.717, 1.165) is 28.5 Å². The second kappa shape index (κ2) is 5.82. The van der Waals surface area contributed by atoms with Gasteiger partial charge in [0.1, 0.15) is 11.3 Å². The summed E-state index contributed by atoms with van der Waals surface area (Å²) in [6, 6.07) is 16.0. The fourth-order valence-corrected chi connectivity index (χ4v) is 2.82. The van der Waals surface area contributed by atoms with Crippen LogP contribution in [0.1, 0.15) is 31.2 Å². The largest absolute Gasteiger partial charge is 0.459 e. The summed E-state index contributed by atoms with van der Waals surface area (Å²) in [5.74, 6) is 1.01. The van der Waals surface area contributed by atoms with Crippen LogP contribution in [0.2, 0.25) is 5.02 Å². The second-order valence-electron chi connectivity index (χ2n) is 5.17. The Bertz CT molecular complexity index is 746. The summed E-state index contributed by atoms with van der Waals surface area (Å²) in [7, 11) is 0. The number of fused-ring (bicyclic) bond motifs is 1. The standard InChI is InChI=1S/C18H18ClNO/c1-3-15-16-6-4-5-7-17(16)21-18(15)12(2)20-14-10-8-13(19)9-11-14/h4-12,20H,3H2,1-2H3. The predicted molar refractivity (Wildman–Crippen MR) is 89.1 cm³/mol. The fourth-order valence-electron chi connectivity index (χ4n) is 2.69. The van der Waals surface area contributed by atoms with E-state index in [9.17, 15) is 0 Å². The van der Waals surface area contributed by atoms with Crippen molar-refractivity contribution in [3.05, 3.63) is 64.9 Å². The molecular weight excluding hydrogens is 282 g/mol. The molecule has 3 heteroatoms. The molecule has 0 aliphatic heterocycles. The molecule has 2 nitrogen and oxygen atoms in total. The third kappa shape index (κ3) is 2.77. The fraction of sp³-hybridized carbons (Fsp3) is 0.222. The molecule has 1 aromatic heterocycles. The van der Waals surface area contributed by atoms with Crippen molar-refractivity contribution in [2.45, 2.75) is 26.3 Å². The van der Waals surface area contributed by atoms with E-state index in [4.69, 9.17) is 16.0 Å². The Hall–Kier alpha value is -1.93. The third-order valence-corrected chi connectivity index (χ3v) is 3.96. The van der Waals surface area contributed by atoms with E-state index in [1.807, 2.05) is 36.4 Å². The maximum absolute atomic E-state index is 6.06. The molecule has 1 heterocycles. The number of benzene rings is 2. The van der Waals surface area contributed by atoms with E-state index in [-0.39, 0.29) is 6.04 Å². The van der Waals surface area contributed by atoms with Crippen molar-refractivity contribution < 1.29 is 4.42 Å². The Morgan fingerprint density at radius 3 is 2.52 bits per heavy atom. The normalized spacial score (nSPS) is 12.5. The van der Waals surface area contributed by atoms with Gasteiger partial charge in [-0.05, 0) is 43.7 Å². The predicted octanol–water partition coefficient (Wildman–Crippen LogP) is 5.82. The van der Waals surface area contributed by atoms with Crippen molar-refractivity contribution in [1.82, 2.24) is 0 Å². The maximum Gasteiger partial charge on any atom is 0.134 e. The lowest BCUT2D eigenvalue weighted by molar-refractivity contribution is 0.520. The molecule has 0 bridgehead atoms. The van der Waals surface area contributed by atoms with Gasteiger partial charge in [-0.15, -0.1) is 0 Å². The van der Waals surface area contributed by atoms with Crippen molar-refractivity contribution in [1.29, 1.82) is 0 Å². The minimum Gasteiger partial charge on any atom is -0.459 e. The summed E-state index contributed by atoms with van der Waals surface area (Å²) >= 11 is 5.92. The Balaban J connectivity index is 1.93. The summed E-state index contributed by atoms with van der Waals surface area (Å²) in [6.45, 7) is 4.28. The quantitative estimate of drug-likeness (QED) is 0.656. The first kappa shape index (κ1) is 14.0. The molecule has 0 spiro atoms. The first-order valence-corrected chi connectivity index (χ1v) is 7.59. The van der Waals surface area contributed by atoms with Crippen molar-refractivity contribution in [2.75, 3.05) is 5.32 Å². The molecule has 0 aliphatic carbocycles. The van der Waals surface area contributed by atoms with Gasteiger partial charge < -0.3 is 9.73 Å². The number of rotatable bonds is 4. The van der Waals surface area contributed by atoms with Gasteiger partial charge in [0.15, 0.2) is 0 Å². The van der Waals surface area contributed by atoms with Gasteiger partial charge in [0.25, 0.3) is 0 Å². The van der Waals surface area contributed by atoms with E-state index in [2.05, 4.69) is 31.3 Å². The minimum absolute atomic E-state index is 0.105. The van der Waals surface area contributed by atoms with Gasteiger partial charge in [-0.1, -0.05) is 36.7 Å². The Morgan fingerprint density at radius 2 is 1.81 bits per heavy atom. The van der Waals surface area contributed by atoms with Gasteiger partial charge >= 0.3 is 0 Å². The number of hydrogen-bond donors (Lipinski definition) is 1. The molecule has 1 unspecified atom stereocenters. The van der Waals surface area contributed by atoms with Crippen LogP contribution in [0.4, 0.5) is 5.69 Å². The highest BCUT2D eigenvalue weighted by molar-refractivity contribution is 6.30. The molecule has 0 fully saturated rings. The SMILES string of the molecule is CCc1c(C(C)Nc2ccc(Cl)cc2)oc2ccccc12. The molecular formula is C18H18ClNO. The summed E-state index contributed by atoms with van der Waals surface area (Å²) in [5.41, 5.74) is 3.27. The molecule has 3 rings (SSSR count). The van der Waals surface area contributed by atoms with Crippen LogP contribution in [0.15, 0.2) is 52.9 Å². The van der Waals surface area contributed by atoms with Crippen molar-refractivity contribution in [3.63, 3.8) is 0 Å². The number of hydrogen-bond acceptors (Lipinski definition) is 2. The maximum atomic E-state index is 6.06. The van der Waals surface area contributed by atoms with E-state index in [1.165, 1.54) is 10.9 Å². The van der Waals surface area contributed by atoms with E-state index >= 15 is 0 Å². The summed E-state index contributed by atoms with van der Waals surface area (Å²) in [4.78, 5) is 0. The lowest BCUT2D eigenvalue weighted by atomic mass is 10.0. The summed E-state index contributed by atoms with van der Waals surface area (Å²) in [5, 5.41) is 5.42. The summed E-state index contributed by atoms with van der Waals surface area (Å²) < 4.78 is 6.06. The topological polar surface area (TPSA) is 25.2 Å². The van der Waals surface area contributed by atoms with Crippen molar-refractivity contribution in [3.8, 4) is 0 Å². The molecule has 0 saturated carbocycles. The number of aryl methyl sites for hydroxylation is 1. The molecule has 3 aromatic rings. The average Bonchev–Trinajstić information content (AvgIpc) is 2.88. The molecule has 0 amide bonds. The van der Waals surface area contributed by atoms with Crippen LogP contribution in [-0.4, -0.2) is 0 Å². The van der Waals surface area contributed by atoms with E-state index < -0.39 is 0 Å². The zero-order valence-corrected chi connectivity index (χ0v) is 12.9. The van der Waals surface area contributed by atoms with Crippen LogP contribution in [0.25, 0.3) is 11.0 Å². The van der Waals surface area contributed by atoms with Gasteiger partial charge in [-0.2, -0.15) is 0 Å². The zero-order valence-electron chi connectivity index (χ0n) is 12.2. The molecule has 2 aromatic carbocycles. The average molecular weight is 300 g/mol. The molecule has 1 atom stereocenters. The minimum atomic E-state index is 0.105. The number of para-hydroxylation sites is 1. The number of furan rings is 1. The first-order chi connectivity index (χ1) is 10.2. The number of nitrogens with one attached hydrogen (secondary N) is 1. The lowest BCUT2D eigenvalue weighted by Crippen LogP contribution is -2.07. The van der Waals surface area contributed by atoms with Gasteiger partial charge in [0.2, 0.25) is 0 Å².